The van der Waals surface area contributed by atoms with Gasteiger partial charge in [0.15, 0.2) is 5.78 Å². The molecule has 0 radical (unpaired) electrons. The van der Waals surface area contributed by atoms with E-state index >= 15 is 13.2 Å². The summed E-state index contributed by atoms with van der Waals surface area (Å²) in [6.07, 6.45) is -0.891. The summed E-state index contributed by atoms with van der Waals surface area (Å²) in [7, 11) is -3.02. The number of hydrogen-bond donors (Lipinski definition) is 2. The Kier molecular flexibility index (Phi) is 9.36. The van der Waals surface area contributed by atoms with Crippen LogP contribution in [-0.2, 0) is 10.8 Å². The van der Waals surface area contributed by atoms with Crippen LogP contribution in [0.3, 0.4) is 0 Å². The standard InChI is InChI=1S/C41H44F3N3O2Si/c1-26-19-33-32-17-11-12-18-36(32)46-38(33)39(37-34(43)20-27(21-35(37)44)40(48)28-22-45-23-28)47(26)24-29(42)25-49-50(41(2,3)4,30-13-7-5-8-14-30)31-15-9-6-10-16-31/h5-18,20-21,26,28-29,39,45-46H,19,22-25H2,1-4H3/t26-,29?,39-/m1/s1. The maximum atomic E-state index is 16.7. The predicted molar refractivity (Wildman–Crippen MR) is 196 cm³/mol. The van der Waals surface area contributed by atoms with Gasteiger partial charge in [0, 0.05) is 59.3 Å². The Balaban J connectivity index is 1.25. The highest BCUT2D eigenvalue weighted by Gasteiger charge is 2.51. The van der Waals surface area contributed by atoms with Crippen molar-refractivity contribution < 1.29 is 22.4 Å². The van der Waals surface area contributed by atoms with Crippen molar-refractivity contribution in [3.05, 3.63) is 131 Å². The van der Waals surface area contributed by atoms with Crippen LogP contribution >= 0.6 is 0 Å². The molecule has 5 aromatic rings. The molecule has 9 heteroatoms. The number of carbonyl (C=O) groups is 1. The van der Waals surface area contributed by atoms with Crippen molar-refractivity contribution in [3.8, 4) is 0 Å². The molecule has 1 fully saturated rings. The molecule has 2 aliphatic rings. The number of para-hydroxylation sites is 1. The number of ketones is 1. The number of benzene rings is 4. The lowest BCUT2D eigenvalue weighted by Gasteiger charge is -2.44. The van der Waals surface area contributed by atoms with Gasteiger partial charge in [-0.15, -0.1) is 0 Å². The zero-order valence-corrected chi connectivity index (χ0v) is 30.0. The van der Waals surface area contributed by atoms with Crippen molar-refractivity contribution in [3.63, 3.8) is 0 Å². The van der Waals surface area contributed by atoms with Gasteiger partial charge in [0.25, 0.3) is 8.32 Å². The third-order valence-electron chi connectivity index (χ3n) is 10.6. The molecule has 2 N–H and O–H groups in total. The summed E-state index contributed by atoms with van der Waals surface area (Å²) in [6, 6.07) is 29.1. The highest BCUT2D eigenvalue weighted by molar-refractivity contribution is 6.99. The average Bonchev–Trinajstić information content (AvgIpc) is 3.43. The maximum absolute atomic E-state index is 16.7. The summed E-state index contributed by atoms with van der Waals surface area (Å²) in [5.74, 6) is -2.20. The predicted octanol–water partition coefficient (Wildman–Crippen LogP) is 7.10. The van der Waals surface area contributed by atoms with Crippen molar-refractivity contribution in [2.24, 2.45) is 5.92 Å². The molecule has 50 heavy (non-hydrogen) atoms. The molecular weight excluding hydrogens is 652 g/mol. The van der Waals surface area contributed by atoms with Crippen LogP contribution in [0.4, 0.5) is 13.2 Å². The van der Waals surface area contributed by atoms with Gasteiger partial charge in [0.2, 0.25) is 0 Å². The van der Waals surface area contributed by atoms with E-state index in [4.69, 9.17) is 4.43 Å². The van der Waals surface area contributed by atoms with Crippen LogP contribution in [0.15, 0.2) is 97.1 Å². The number of fused-ring (bicyclic) bond motifs is 3. The molecule has 7 rings (SSSR count). The number of H-pyrrole nitrogens is 1. The van der Waals surface area contributed by atoms with Gasteiger partial charge in [0.05, 0.1) is 12.6 Å². The number of carbonyl (C=O) groups excluding carboxylic acids is 1. The van der Waals surface area contributed by atoms with E-state index in [1.807, 2.05) is 72.5 Å². The van der Waals surface area contributed by atoms with Crippen LogP contribution in [0.2, 0.25) is 5.04 Å². The third-order valence-corrected chi connectivity index (χ3v) is 15.6. The van der Waals surface area contributed by atoms with Crippen molar-refractivity contribution >= 4 is 35.4 Å². The molecule has 0 saturated carbocycles. The lowest BCUT2D eigenvalue weighted by atomic mass is 9.86. The molecule has 0 aliphatic carbocycles. The Hall–Kier alpha value is -4.02. The number of aromatic amines is 1. The summed E-state index contributed by atoms with van der Waals surface area (Å²) in [5, 5.41) is 5.79. The number of aromatic nitrogens is 1. The van der Waals surface area contributed by atoms with Crippen molar-refractivity contribution in [1.82, 2.24) is 15.2 Å². The fourth-order valence-corrected chi connectivity index (χ4v) is 12.6. The maximum Gasteiger partial charge on any atom is 0.261 e. The second-order valence-corrected chi connectivity index (χ2v) is 19.2. The molecule has 0 amide bonds. The van der Waals surface area contributed by atoms with E-state index in [1.165, 1.54) is 0 Å². The van der Waals surface area contributed by atoms with E-state index in [-0.39, 0.29) is 47.1 Å². The Bertz CT molecular complexity index is 1930. The largest absolute Gasteiger partial charge is 0.404 e. The molecule has 1 unspecified atom stereocenters. The van der Waals surface area contributed by atoms with Gasteiger partial charge in [-0.3, -0.25) is 9.69 Å². The highest BCUT2D eigenvalue weighted by Crippen LogP contribution is 2.43. The number of nitrogens with zero attached hydrogens (tertiary/aromatic N) is 1. The minimum atomic E-state index is -3.02. The van der Waals surface area contributed by atoms with Crippen LogP contribution < -0.4 is 15.7 Å². The van der Waals surface area contributed by atoms with Crippen LogP contribution in [0.25, 0.3) is 10.9 Å². The van der Waals surface area contributed by atoms with Crippen molar-refractivity contribution in [2.45, 2.75) is 57.4 Å². The second-order valence-electron chi connectivity index (χ2n) is 14.9. The van der Waals surface area contributed by atoms with Crippen LogP contribution in [-0.4, -0.2) is 62.4 Å². The Morgan fingerprint density at radius 3 is 2.06 bits per heavy atom. The molecule has 5 nitrogen and oxygen atoms in total. The Morgan fingerprint density at radius 2 is 1.50 bits per heavy atom. The van der Waals surface area contributed by atoms with Gasteiger partial charge in [-0.2, -0.15) is 0 Å². The summed E-state index contributed by atoms with van der Waals surface area (Å²) in [6.45, 7) is 9.11. The van der Waals surface area contributed by atoms with Gasteiger partial charge in [-0.25, -0.2) is 13.2 Å². The van der Waals surface area contributed by atoms with Gasteiger partial charge in [-0.1, -0.05) is 99.6 Å². The van der Waals surface area contributed by atoms with Gasteiger partial charge < -0.3 is 14.7 Å². The van der Waals surface area contributed by atoms with E-state index in [0.717, 1.165) is 39.0 Å². The van der Waals surface area contributed by atoms with E-state index in [0.29, 0.717) is 25.2 Å². The Morgan fingerprint density at radius 1 is 0.920 bits per heavy atom. The first-order valence-corrected chi connectivity index (χ1v) is 19.4. The van der Waals surface area contributed by atoms with Crippen LogP contribution in [0.5, 0.6) is 0 Å². The molecule has 3 heterocycles. The zero-order chi connectivity index (χ0) is 35.2. The molecule has 0 spiro atoms. The lowest BCUT2D eigenvalue weighted by Crippen LogP contribution is -2.67. The highest BCUT2D eigenvalue weighted by atomic mass is 28.4. The summed E-state index contributed by atoms with van der Waals surface area (Å²) >= 11 is 0. The van der Waals surface area contributed by atoms with E-state index in [9.17, 15) is 4.79 Å². The van der Waals surface area contributed by atoms with Gasteiger partial charge >= 0.3 is 0 Å². The number of rotatable bonds is 10. The summed E-state index contributed by atoms with van der Waals surface area (Å²) in [5.41, 5.74) is 2.29. The van der Waals surface area contributed by atoms with Crippen LogP contribution in [0, 0.1) is 17.6 Å². The van der Waals surface area contributed by atoms with Gasteiger partial charge in [0.1, 0.15) is 17.8 Å². The first kappa shape index (κ1) is 34.4. The molecule has 3 atom stereocenters. The van der Waals surface area contributed by atoms with Gasteiger partial charge in [-0.05, 0) is 52.5 Å². The molecule has 4 aromatic carbocycles. The number of alkyl halides is 1. The number of Topliss-reactive ketones (excluding diaryl/α,β-unsaturated/α-hetero) is 1. The SMILES string of the molecule is C[C@@H]1Cc2c([nH]c3ccccc23)[C@@H](c2c(F)cc(C(=O)C3CNC3)cc2F)N1CC(F)CO[Si](c1ccccc1)(c1ccccc1)C(C)(C)C. The van der Waals surface area contributed by atoms with Crippen molar-refractivity contribution in [2.75, 3.05) is 26.2 Å². The average molecular weight is 696 g/mol. The monoisotopic (exact) mass is 695 g/mol. The molecule has 1 aromatic heterocycles. The first-order chi connectivity index (χ1) is 24.0. The number of halogens is 3. The zero-order valence-electron chi connectivity index (χ0n) is 29.0. The summed E-state index contributed by atoms with van der Waals surface area (Å²) in [4.78, 5) is 18.3. The second kappa shape index (κ2) is 13.6. The number of nitrogens with one attached hydrogen (secondary N) is 2. The topological polar surface area (TPSA) is 57.4 Å². The smallest absolute Gasteiger partial charge is 0.261 e. The summed E-state index contributed by atoms with van der Waals surface area (Å²) < 4.78 is 56.2. The third kappa shape index (κ3) is 6.04. The normalized spacial score (nSPS) is 19.3. The van der Waals surface area contributed by atoms with E-state index in [2.05, 4.69) is 55.3 Å². The molecule has 1 saturated heterocycles. The molecular formula is C41H44F3N3O2Si. The van der Waals surface area contributed by atoms with Crippen molar-refractivity contribution in [1.29, 1.82) is 0 Å². The first-order valence-electron chi connectivity index (χ1n) is 17.5. The fraction of sp³-hybridized carbons (Fsp3) is 0.341. The Labute approximate surface area is 293 Å². The number of hydrogen-bond acceptors (Lipinski definition) is 4. The fourth-order valence-electron chi connectivity index (χ4n) is 8.06. The quantitative estimate of drug-likeness (QED) is 0.121. The molecule has 2 aliphatic heterocycles. The minimum absolute atomic E-state index is 0.0181. The van der Waals surface area contributed by atoms with E-state index in [1.54, 1.807) is 0 Å². The minimum Gasteiger partial charge on any atom is -0.404 e. The molecule has 260 valence electrons. The lowest BCUT2D eigenvalue weighted by molar-refractivity contribution is 0.0783. The van der Waals surface area contributed by atoms with Crippen LogP contribution in [0.1, 0.15) is 60.9 Å². The van der Waals surface area contributed by atoms with E-state index < -0.39 is 32.2 Å². The molecule has 0 bridgehead atoms.